The first kappa shape index (κ1) is 26.4. The molecular weight excluding hydrogens is 472 g/mol. The lowest BCUT2D eigenvalue weighted by atomic mass is 9.79. The first-order valence-corrected chi connectivity index (χ1v) is 13.6. The molecule has 2 heterocycles. The summed E-state index contributed by atoms with van der Waals surface area (Å²) >= 11 is 0. The lowest BCUT2D eigenvalue weighted by Crippen LogP contribution is -2.35. The number of aliphatic hydroxyl groups excluding tert-OH is 2. The van der Waals surface area contributed by atoms with Crippen LogP contribution in [-0.4, -0.2) is 59.6 Å². The second kappa shape index (κ2) is 11.3. The van der Waals surface area contributed by atoms with Gasteiger partial charge in [0.25, 0.3) is 0 Å². The Morgan fingerprint density at radius 2 is 1.18 bits per heavy atom. The minimum atomic E-state index is 0.128. The molecule has 2 aliphatic carbocycles. The second-order valence-corrected chi connectivity index (χ2v) is 10.8. The normalized spacial score (nSPS) is 23.0. The predicted molar refractivity (Wildman–Crippen MR) is 157 cm³/mol. The predicted octanol–water partition coefficient (Wildman–Crippen LogP) is 4.67. The summed E-state index contributed by atoms with van der Waals surface area (Å²) in [5.41, 5.74) is 9.96. The van der Waals surface area contributed by atoms with E-state index in [9.17, 15) is 10.2 Å². The quantitative estimate of drug-likeness (QED) is 0.212. The van der Waals surface area contributed by atoms with Gasteiger partial charge in [0.2, 0.25) is 0 Å². The average Bonchev–Trinajstić information content (AvgIpc) is 3.57. The molecule has 2 aromatic carbocycles. The highest BCUT2D eigenvalue weighted by molar-refractivity contribution is 5.89. The molecule has 6 N–H and O–H groups in total. The number of H-pyrrole nitrogens is 2. The van der Waals surface area contributed by atoms with Crippen LogP contribution in [0.5, 0.6) is 0 Å². The minimum Gasteiger partial charge on any atom is -0.392 e. The Hall–Kier alpha value is -3.16. The first-order chi connectivity index (χ1) is 18.5. The molecule has 0 bridgehead atoms. The molecule has 6 nitrogen and oxygen atoms in total. The lowest BCUT2D eigenvalue weighted by molar-refractivity contribution is 0.329. The molecular formula is C32H40N4O2. The van der Waals surface area contributed by atoms with Crippen LogP contribution >= 0.6 is 0 Å². The highest BCUT2D eigenvalue weighted by Gasteiger charge is 2.30. The largest absolute Gasteiger partial charge is 0.392 e. The van der Waals surface area contributed by atoms with Gasteiger partial charge >= 0.3 is 0 Å². The fourth-order valence-corrected chi connectivity index (χ4v) is 6.30. The number of aromatic nitrogens is 2. The van der Waals surface area contributed by atoms with Gasteiger partial charge in [-0.2, -0.15) is 0 Å². The smallest absolute Gasteiger partial charge is 0.0639 e. The van der Waals surface area contributed by atoms with E-state index in [1.807, 2.05) is 27.9 Å². The van der Waals surface area contributed by atoms with Crippen molar-refractivity contribution in [1.82, 2.24) is 20.6 Å². The molecule has 0 spiro atoms. The van der Waals surface area contributed by atoms with Crippen LogP contribution in [0, 0.1) is 0 Å². The molecule has 4 aromatic rings. The molecule has 0 aliphatic heterocycles. The molecule has 2 aromatic heterocycles. The van der Waals surface area contributed by atoms with Crippen molar-refractivity contribution < 1.29 is 10.2 Å². The molecule has 38 heavy (non-hydrogen) atoms. The molecule has 0 fully saturated rings. The van der Waals surface area contributed by atoms with Crippen LogP contribution in [0.3, 0.4) is 0 Å². The fourth-order valence-electron chi connectivity index (χ4n) is 6.30. The van der Waals surface area contributed by atoms with E-state index in [-0.39, 0.29) is 13.2 Å². The van der Waals surface area contributed by atoms with E-state index in [0.717, 1.165) is 24.0 Å². The van der Waals surface area contributed by atoms with Crippen LogP contribution < -0.4 is 10.6 Å². The van der Waals surface area contributed by atoms with Gasteiger partial charge in [0.1, 0.15) is 0 Å². The highest BCUT2D eigenvalue weighted by Crippen LogP contribution is 2.39. The van der Waals surface area contributed by atoms with Crippen molar-refractivity contribution in [3.63, 3.8) is 0 Å². The van der Waals surface area contributed by atoms with Crippen molar-refractivity contribution in [2.75, 3.05) is 27.3 Å². The number of hydrogen-bond acceptors (Lipinski definition) is 4. The zero-order valence-corrected chi connectivity index (χ0v) is 22.8. The van der Waals surface area contributed by atoms with Gasteiger partial charge in [-0.1, -0.05) is 47.6 Å². The number of nitrogens with one attached hydrogen (secondary N) is 4. The van der Waals surface area contributed by atoms with Crippen LogP contribution in [0.1, 0.15) is 47.9 Å². The van der Waals surface area contributed by atoms with Crippen LogP contribution in [0.25, 0.3) is 21.8 Å². The number of likely N-dealkylation sites (N-methyl/N-ethyl adjacent to an activating group) is 2. The highest BCUT2D eigenvalue weighted by atomic mass is 16.3. The van der Waals surface area contributed by atoms with E-state index in [4.69, 9.17) is 0 Å². The van der Waals surface area contributed by atoms with Crippen LogP contribution in [0.2, 0.25) is 0 Å². The average molecular weight is 513 g/mol. The number of rotatable bonds is 6. The minimum absolute atomic E-state index is 0.128. The van der Waals surface area contributed by atoms with Crippen molar-refractivity contribution in [3.05, 3.63) is 94.3 Å². The van der Waals surface area contributed by atoms with E-state index in [2.05, 4.69) is 81.5 Å². The maximum absolute atomic E-state index is 9.28. The van der Waals surface area contributed by atoms with Crippen molar-refractivity contribution in [1.29, 1.82) is 0 Å². The molecule has 2 aliphatic rings. The van der Waals surface area contributed by atoms with E-state index >= 15 is 0 Å². The summed E-state index contributed by atoms with van der Waals surface area (Å²) < 4.78 is 0. The van der Waals surface area contributed by atoms with Crippen molar-refractivity contribution >= 4 is 21.8 Å². The number of aromatic amines is 2. The van der Waals surface area contributed by atoms with E-state index in [1.165, 1.54) is 44.1 Å². The molecule has 2 unspecified atom stereocenters. The lowest BCUT2D eigenvalue weighted by Gasteiger charge is -2.30. The summed E-state index contributed by atoms with van der Waals surface area (Å²) in [6.07, 6.45) is 10.7. The van der Waals surface area contributed by atoms with Crippen molar-refractivity contribution in [2.24, 2.45) is 0 Å². The van der Waals surface area contributed by atoms with Gasteiger partial charge in [0.05, 0.1) is 13.2 Å². The molecule has 4 atom stereocenters. The Morgan fingerprint density at radius 3 is 1.55 bits per heavy atom. The Bertz CT molecular complexity index is 1370. The van der Waals surface area contributed by atoms with Crippen LogP contribution in [-0.2, 0) is 12.8 Å². The maximum atomic E-state index is 9.28. The molecule has 200 valence electrons. The monoisotopic (exact) mass is 512 g/mol. The Labute approximate surface area is 224 Å². The Balaban J connectivity index is 0.000000155. The van der Waals surface area contributed by atoms with Gasteiger partial charge in [-0.05, 0) is 75.2 Å². The first-order valence-electron chi connectivity index (χ1n) is 13.6. The summed E-state index contributed by atoms with van der Waals surface area (Å²) in [6.45, 7) is 4.23. The van der Waals surface area contributed by atoms with Gasteiger partial charge in [0, 0.05) is 58.1 Å². The third-order valence-electron chi connectivity index (χ3n) is 8.27. The summed E-state index contributed by atoms with van der Waals surface area (Å²) in [7, 11) is 4.02. The summed E-state index contributed by atoms with van der Waals surface area (Å²) in [5, 5.41) is 28.1. The van der Waals surface area contributed by atoms with E-state index in [0.29, 0.717) is 23.9 Å². The molecule has 6 heteroatoms. The zero-order chi connectivity index (χ0) is 26.8. The standard InChI is InChI=1S/2C16H20N2O/c2*1-10(9-19)6-13-12-4-3-5-14-16(12)11(8-18-14)7-15(13)17-2/h2*3-6,8,13,15,17-19H,7,9H2,1-2H3/b10-6+;10-6-/t;13-,15-/m.1/s1. The van der Waals surface area contributed by atoms with Gasteiger partial charge < -0.3 is 30.8 Å². The topological polar surface area (TPSA) is 96.1 Å². The summed E-state index contributed by atoms with van der Waals surface area (Å²) in [6, 6.07) is 13.6. The SMILES string of the molecule is CNC1Cc2c[nH]c3cccc(c23)C1/C=C(\C)CO.CN[C@@H]1Cc2c[nH]c3cccc(c23)[C@H]1/C=C(/C)CO. The van der Waals surface area contributed by atoms with Crippen LogP contribution in [0.4, 0.5) is 0 Å². The van der Waals surface area contributed by atoms with Crippen molar-refractivity contribution in [3.8, 4) is 0 Å². The van der Waals surface area contributed by atoms with Crippen molar-refractivity contribution in [2.45, 2.75) is 50.6 Å². The number of hydrogen-bond donors (Lipinski definition) is 6. The third-order valence-corrected chi connectivity index (χ3v) is 8.27. The Kier molecular flexibility index (Phi) is 7.86. The molecule has 6 rings (SSSR count). The third kappa shape index (κ3) is 4.85. The van der Waals surface area contributed by atoms with Gasteiger partial charge in [-0.25, -0.2) is 0 Å². The zero-order valence-electron chi connectivity index (χ0n) is 22.8. The molecule has 0 radical (unpaired) electrons. The fraction of sp³-hybridized carbons (Fsp3) is 0.375. The van der Waals surface area contributed by atoms with E-state index in [1.54, 1.807) is 0 Å². The van der Waals surface area contributed by atoms with E-state index < -0.39 is 0 Å². The second-order valence-electron chi connectivity index (χ2n) is 10.8. The summed E-state index contributed by atoms with van der Waals surface area (Å²) in [4.78, 5) is 6.71. The van der Waals surface area contributed by atoms with Gasteiger partial charge in [-0.15, -0.1) is 0 Å². The maximum Gasteiger partial charge on any atom is 0.0639 e. The summed E-state index contributed by atoms with van der Waals surface area (Å²) in [5.74, 6) is 0.647. The van der Waals surface area contributed by atoms with Crippen LogP contribution in [0.15, 0.2) is 72.1 Å². The molecule has 0 saturated carbocycles. The number of benzene rings is 2. The molecule has 0 amide bonds. The van der Waals surface area contributed by atoms with Gasteiger partial charge in [0.15, 0.2) is 0 Å². The number of aliphatic hydroxyl groups is 2. The molecule has 0 saturated heterocycles. The Morgan fingerprint density at radius 1 is 0.763 bits per heavy atom. The van der Waals surface area contributed by atoms with Gasteiger partial charge in [-0.3, -0.25) is 0 Å².